The third-order valence-corrected chi connectivity index (χ3v) is 6.05. The molecule has 1 aromatic rings. The molecule has 3 rings (SSSR count). The first-order chi connectivity index (χ1) is 11.4. The van der Waals surface area contributed by atoms with Crippen molar-refractivity contribution in [2.75, 3.05) is 0 Å². The maximum absolute atomic E-state index is 13.2. The van der Waals surface area contributed by atoms with Crippen LogP contribution in [0.25, 0.3) is 0 Å². The first-order valence-corrected chi connectivity index (χ1v) is 9.80. The summed E-state index contributed by atoms with van der Waals surface area (Å²) in [5, 5.41) is 3.44. The van der Waals surface area contributed by atoms with Gasteiger partial charge in [0, 0.05) is 6.04 Å². The van der Waals surface area contributed by atoms with Gasteiger partial charge in [0.15, 0.2) is 0 Å². The largest absolute Gasteiger partial charge is 0.353 e. The highest BCUT2D eigenvalue weighted by molar-refractivity contribution is 5.84. The molecule has 132 valence electrons. The number of carbonyl (C=O) groups excluding carboxylic acids is 1. The van der Waals surface area contributed by atoms with Gasteiger partial charge in [-0.1, -0.05) is 63.9 Å². The molecule has 1 N–H and O–H groups in total. The van der Waals surface area contributed by atoms with E-state index in [1.165, 1.54) is 37.7 Å². The van der Waals surface area contributed by atoms with E-state index < -0.39 is 0 Å². The first kappa shape index (κ1) is 17.5. The fourth-order valence-corrected chi connectivity index (χ4v) is 5.34. The molecule has 0 bridgehead atoms. The number of benzene rings is 1. The Balaban J connectivity index is 1.74. The van der Waals surface area contributed by atoms with E-state index in [2.05, 4.69) is 50.4 Å². The summed E-state index contributed by atoms with van der Waals surface area (Å²) in [5.41, 5.74) is 1.54. The van der Waals surface area contributed by atoms with E-state index >= 15 is 0 Å². The number of nitrogens with one attached hydrogen (secondary N) is 1. The summed E-state index contributed by atoms with van der Waals surface area (Å²) >= 11 is 0. The highest BCUT2D eigenvalue weighted by Gasteiger charge is 2.36. The Hall–Kier alpha value is -1.31. The minimum absolute atomic E-state index is 0.0362. The van der Waals surface area contributed by atoms with Crippen molar-refractivity contribution in [2.24, 2.45) is 17.3 Å². The highest BCUT2D eigenvalue weighted by atomic mass is 16.2. The van der Waals surface area contributed by atoms with Crippen molar-refractivity contribution < 1.29 is 4.79 Å². The van der Waals surface area contributed by atoms with Crippen LogP contribution in [0.4, 0.5) is 0 Å². The number of hydrogen-bond donors (Lipinski definition) is 1. The lowest BCUT2D eigenvalue weighted by molar-refractivity contribution is -0.125. The minimum Gasteiger partial charge on any atom is -0.353 e. The van der Waals surface area contributed by atoms with Gasteiger partial charge in [-0.3, -0.25) is 4.79 Å². The molecule has 2 aliphatic rings. The minimum atomic E-state index is 0.0362. The normalized spacial score (nSPS) is 28.5. The molecular weight excluding hydrogens is 294 g/mol. The third-order valence-electron chi connectivity index (χ3n) is 6.05. The summed E-state index contributed by atoms with van der Waals surface area (Å²) in [6.45, 7) is 7.01. The van der Waals surface area contributed by atoms with E-state index in [1.807, 2.05) is 6.07 Å². The Labute approximate surface area is 147 Å². The zero-order valence-corrected chi connectivity index (χ0v) is 15.6. The van der Waals surface area contributed by atoms with Crippen molar-refractivity contribution in [3.05, 3.63) is 35.9 Å². The van der Waals surface area contributed by atoms with Gasteiger partial charge in [0.2, 0.25) is 5.91 Å². The molecule has 0 saturated heterocycles. The third kappa shape index (κ3) is 4.20. The molecule has 0 aliphatic heterocycles. The molecule has 1 amide bonds. The average molecular weight is 328 g/mol. The molecule has 1 aromatic carbocycles. The second-order valence-electron chi connectivity index (χ2n) is 9.05. The summed E-state index contributed by atoms with van der Waals surface area (Å²) in [6.07, 6.45) is 8.43. The van der Waals surface area contributed by atoms with Crippen LogP contribution in [-0.4, -0.2) is 11.9 Å². The Morgan fingerprint density at radius 1 is 1.12 bits per heavy atom. The maximum Gasteiger partial charge on any atom is 0.228 e. The standard InChI is InChI=1S/C22H33NO/c1-16-13-19(15-22(2,3)14-16)23-21(24)20(18-11-7-8-12-18)17-9-5-4-6-10-17/h4-6,9-10,16,18-20H,7-8,11-15H2,1-3H3,(H,23,24). The smallest absolute Gasteiger partial charge is 0.228 e. The molecule has 2 saturated carbocycles. The predicted octanol–water partition coefficient (Wildman–Crippen LogP) is 5.29. The van der Waals surface area contributed by atoms with E-state index in [4.69, 9.17) is 0 Å². The molecule has 3 unspecified atom stereocenters. The molecule has 0 aromatic heterocycles. The first-order valence-electron chi connectivity index (χ1n) is 9.80. The number of carbonyl (C=O) groups is 1. The second kappa shape index (κ2) is 7.29. The van der Waals surface area contributed by atoms with Gasteiger partial charge in [0.1, 0.15) is 0 Å². The summed E-state index contributed by atoms with van der Waals surface area (Å²) in [5.74, 6) is 1.51. The van der Waals surface area contributed by atoms with E-state index in [0.29, 0.717) is 23.3 Å². The maximum atomic E-state index is 13.2. The molecule has 2 heteroatoms. The molecule has 24 heavy (non-hydrogen) atoms. The zero-order chi connectivity index (χ0) is 17.2. The summed E-state index contributed by atoms with van der Waals surface area (Å²) < 4.78 is 0. The average Bonchev–Trinajstić information content (AvgIpc) is 3.00. The second-order valence-corrected chi connectivity index (χ2v) is 9.05. The van der Waals surface area contributed by atoms with E-state index in [-0.39, 0.29) is 11.8 Å². The van der Waals surface area contributed by atoms with Gasteiger partial charge < -0.3 is 5.32 Å². The van der Waals surface area contributed by atoms with Crippen LogP contribution in [0, 0.1) is 17.3 Å². The van der Waals surface area contributed by atoms with Crippen LogP contribution in [0.1, 0.15) is 77.2 Å². The molecular formula is C22H33NO. The fourth-order valence-electron chi connectivity index (χ4n) is 5.34. The highest BCUT2D eigenvalue weighted by Crippen LogP contribution is 2.40. The molecule has 3 atom stereocenters. The SMILES string of the molecule is CC1CC(NC(=O)C(c2ccccc2)C2CCCC2)CC(C)(C)C1. The van der Waals surface area contributed by atoms with Crippen molar-refractivity contribution in [1.82, 2.24) is 5.32 Å². The Bertz CT molecular complexity index is 544. The number of amides is 1. The molecule has 2 nitrogen and oxygen atoms in total. The lowest BCUT2D eigenvalue weighted by atomic mass is 9.70. The van der Waals surface area contributed by atoms with Gasteiger partial charge in [-0.2, -0.15) is 0 Å². The van der Waals surface area contributed by atoms with Gasteiger partial charge in [-0.15, -0.1) is 0 Å². The van der Waals surface area contributed by atoms with Gasteiger partial charge >= 0.3 is 0 Å². The Morgan fingerprint density at radius 3 is 2.42 bits per heavy atom. The molecule has 2 fully saturated rings. The van der Waals surface area contributed by atoms with Crippen LogP contribution < -0.4 is 5.32 Å². The molecule has 0 heterocycles. The van der Waals surface area contributed by atoms with Crippen molar-refractivity contribution in [3.63, 3.8) is 0 Å². The van der Waals surface area contributed by atoms with Crippen LogP contribution in [0.2, 0.25) is 0 Å². The fraction of sp³-hybridized carbons (Fsp3) is 0.682. The van der Waals surface area contributed by atoms with Crippen LogP contribution in [0.15, 0.2) is 30.3 Å². The lowest BCUT2D eigenvalue weighted by Crippen LogP contribution is -2.45. The quantitative estimate of drug-likeness (QED) is 0.799. The van der Waals surface area contributed by atoms with Crippen LogP contribution in [0.5, 0.6) is 0 Å². The lowest BCUT2D eigenvalue weighted by Gasteiger charge is -2.40. The Kier molecular flexibility index (Phi) is 5.32. The van der Waals surface area contributed by atoms with Crippen molar-refractivity contribution in [2.45, 2.75) is 77.7 Å². The van der Waals surface area contributed by atoms with Crippen molar-refractivity contribution in [1.29, 1.82) is 0 Å². The van der Waals surface area contributed by atoms with E-state index in [9.17, 15) is 4.79 Å². The molecule has 0 radical (unpaired) electrons. The van der Waals surface area contributed by atoms with E-state index in [1.54, 1.807) is 0 Å². The summed E-state index contributed by atoms with van der Waals surface area (Å²) in [4.78, 5) is 13.2. The monoisotopic (exact) mass is 327 g/mol. The number of rotatable bonds is 4. The predicted molar refractivity (Wildman–Crippen MR) is 99.9 cm³/mol. The van der Waals surface area contributed by atoms with Gasteiger partial charge in [0.25, 0.3) is 0 Å². The molecule has 2 aliphatic carbocycles. The van der Waals surface area contributed by atoms with Crippen LogP contribution in [-0.2, 0) is 4.79 Å². The van der Waals surface area contributed by atoms with Crippen LogP contribution >= 0.6 is 0 Å². The summed E-state index contributed by atoms with van der Waals surface area (Å²) in [7, 11) is 0. The van der Waals surface area contributed by atoms with Gasteiger partial charge in [-0.05, 0) is 54.9 Å². The van der Waals surface area contributed by atoms with Crippen molar-refractivity contribution >= 4 is 5.91 Å². The number of hydrogen-bond acceptors (Lipinski definition) is 1. The van der Waals surface area contributed by atoms with E-state index in [0.717, 1.165) is 12.8 Å². The van der Waals surface area contributed by atoms with Gasteiger partial charge in [-0.25, -0.2) is 0 Å². The van der Waals surface area contributed by atoms with Gasteiger partial charge in [0.05, 0.1) is 5.92 Å². The zero-order valence-electron chi connectivity index (χ0n) is 15.6. The topological polar surface area (TPSA) is 29.1 Å². The Morgan fingerprint density at radius 2 is 1.79 bits per heavy atom. The van der Waals surface area contributed by atoms with Crippen molar-refractivity contribution in [3.8, 4) is 0 Å². The van der Waals surface area contributed by atoms with Crippen LogP contribution in [0.3, 0.4) is 0 Å². The summed E-state index contributed by atoms with van der Waals surface area (Å²) in [6, 6.07) is 10.8. The molecule has 0 spiro atoms.